The van der Waals surface area contributed by atoms with E-state index in [4.69, 9.17) is 9.63 Å². The lowest BCUT2D eigenvalue weighted by atomic mass is 10.2. The van der Waals surface area contributed by atoms with Crippen LogP contribution in [0.15, 0.2) is 47.6 Å². The Labute approximate surface area is 103 Å². The summed E-state index contributed by atoms with van der Waals surface area (Å²) in [4.78, 5) is 8.24. The molecule has 0 atom stereocenters. The van der Waals surface area contributed by atoms with E-state index < -0.39 is 0 Å². The van der Waals surface area contributed by atoms with Gasteiger partial charge in [-0.15, -0.1) is 0 Å². The average Bonchev–Trinajstić information content (AvgIpc) is 3.02. The first-order valence-corrected chi connectivity index (χ1v) is 5.38. The van der Waals surface area contributed by atoms with Crippen LogP contribution in [0.25, 0.3) is 11.5 Å². The molecule has 3 heterocycles. The van der Waals surface area contributed by atoms with Crippen molar-refractivity contribution in [3.63, 3.8) is 0 Å². The number of rotatable bonds is 3. The van der Waals surface area contributed by atoms with E-state index in [0.29, 0.717) is 11.5 Å². The van der Waals surface area contributed by atoms with Gasteiger partial charge in [0, 0.05) is 25.1 Å². The van der Waals surface area contributed by atoms with Crippen LogP contribution in [-0.2, 0) is 6.54 Å². The molecule has 0 bridgehead atoms. The van der Waals surface area contributed by atoms with Crippen molar-refractivity contribution in [3.8, 4) is 17.3 Å². The molecular formula is C12H10N4O2. The molecule has 3 rings (SSSR count). The highest BCUT2D eigenvalue weighted by Gasteiger charge is 2.06. The maximum absolute atomic E-state index is 9.10. The van der Waals surface area contributed by atoms with E-state index in [1.54, 1.807) is 18.7 Å². The quantitative estimate of drug-likeness (QED) is 0.756. The van der Waals surface area contributed by atoms with Crippen LogP contribution in [0.3, 0.4) is 0 Å². The molecule has 0 saturated heterocycles. The first-order chi connectivity index (χ1) is 8.81. The summed E-state index contributed by atoms with van der Waals surface area (Å²) in [7, 11) is 0. The molecule has 0 amide bonds. The molecule has 3 aromatic rings. The average molecular weight is 242 g/mol. The van der Waals surface area contributed by atoms with Gasteiger partial charge in [0.1, 0.15) is 5.69 Å². The fraction of sp³-hybridized carbons (Fsp3) is 0.0833. The van der Waals surface area contributed by atoms with Crippen molar-refractivity contribution in [3.05, 3.63) is 48.7 Å². The summed E-state index contributed by atoms with van der Waals surface area (Å²) in [5.74, 6) is 0.302. The van der Waals surface area contributed by atoms with Gasteiger partial charge in [-0.3, -0.25) is 4.98 Å². The summed E-state index contributed by atoms with van der Waals surface area (Å²) >= 11 is 0. The molecule has 6 nitrogen and oxygen atoms in total. The van der Waals surface area contributed by atoms with Crippen LogP contribution in [-0.4, -0.2) is 24.8 Å². The molecule has 0 aliphatic rings. The SMILES string of the molecule is Oc1cc(-c2ccc(Cn3ccnc3)cn2)on1. The highest BCUT2D eigenvalue weighted by atomic mass is 16.5. The number of nitrogens with zero attached hydrogens (tertiary/aromatic N) is 4. The molecule has 0 unspecified atom stereocenters. The molecule has 0 aromatic carbocycles. The second-order valence-corrected chi connectivity index (χ2v) is 3.84. The predicted molar refractivity (Wildman–Crippen MR) is 62.7 cm³/mol. The summed E-state index contributed by atoms with van der Waals surface area (Å²) in [6.07, 6.45) is 7.14. The third-order valence-corrected chi connectivity index (χ3v) is 2.50. The molecule has 0 saturated carbocycles. The van der Waals surface area contributed by atoms with Crippen LogP contribution in [0.4, 0.5) is 0 Å². The topological polar surface area (TPSA) is 77.0 Å². The van der Waals surface area contributed by atoms with Gasteiger partial charge in [-0.2, -0.15) is 0 Å². The van der Waals surface area contributed by atoms with Crippen LogP contribution in [0.1, 0.15) is 5.56 Å². The Morgan fingerprint density at radius 3 is 2.89 bits per heavy atom. The molecule has 0 aliphatic carbocycles. The maximum Gasteiger partial charge on any atom is 0.252 e. The molecule has 90 valence electrons. The zero-order valence-corrected chi connectivity index (χ0v) is 9.39. The van der Waals surface area contributed by atoms with Gasteiger partial charge in [0.25, 0.3) is 5.88 Å². The standard InChI is InChI=1S/C12H10N4O2/c17-12-5-11(18-15-12)10-2-1-9(6-14-10)7-16-4-3-13-8-16/h1-6,8H,7H2,(H,15,17). The van der Waals surface area contributed by atoms with Crippen LogP contribution in [0.2, 0.25) is 0 Å². The van der Waals surface area contributed by atoms with Gasteiger partial charge in [0.05, 0.1) is 12.4 Å². The van der Waals surface area contributed by atoms with Crippen molar-refractivity contribution >= 4 is 0 Å². The highest BCUT2D eigenvalue weighted by Crippen LogP contribution is 2.20. The zero-order valence-electron chi connectivity index (χ0n) is 9.39. The summed E-state index contributed by atoms with van der Waals surface area (Å²) in [5.41, 5.74) is 1.69. The van der Waals surface area contributed by atoms with Gasteiger partial charge in [0.15, 0.2) is 5.76 Å². The number of imidazole rings is 1. The minimum atomic E-state index is -0.144. The lowest BCUT2D eigenvalue weighted by molar-refractivity contribution is 0.365. The maximum atomic E-state index is 9.10. The minimum Gasteiger partial charge on any atom is -0.491 e. The summed E-state index contributed by atoms with van der Waals surface area (Å²) in [5, 5.41) is 12.5. The molecule has 18 heavy (non-hydrogen) atoms. The van der Waals surface area contributed by atoms with Crippen molar-refractivity contribution in [2.24, 2.45) is 0 Å². The monoisotopic (exact) mass is 242 g/mol. The van der Waals surface area contributed by atoms with Gasteiger partial charge < -0.3 is 14.2 Å². The van der Waals surface area contributed by atoms with E-state index in [0.717, 1.165) is 12.1 Å². The molecule has 0 aliphatic heterocycles. The number of hydrogen-bond donors (Lipinski definition) is 1. The molecule has 0 fully saturated rings. The van der Waals surface area contributed by atoms with Crippen LogP contribution in [0.5, 0.6) is 5.88 Å². The van der Waals surface area contributed by atoms with Gasteiger partial charge in [-0.25, -0.2) is 4.98 Å². The summed E-state index contributed by atoms with van der Waals surface area (Å²) in [6, 6.07) is 5.20. The number of hydrogen-bond acceptors (Lipinski definition) is 5. The molecule has 3 aromatic heterocycles. The second kappa shape index (κ2) is 4.33. The van der Waals surface area contributed by atoms with Gasteiger partial charge >= 0.3 is 0 Å². The largest absolute Gasteiger partial charge is 0.491 e. The van der Waals surface area contributed by atoms with E-state index in [2.05, 4.69) is 15.1 Å². The Balaban J connectivity index is 1.81. The van der Waals surface area contributed by atoms with Crippen LogP contribution in [0, 0.1) is 0 Å². The van der Waals surface area contributed by atoms with Crippen LogP contribution >= 0.6 is 0 Å². The van der Waals surface area contributed by atoms with Crippen molar-refractivity contribution in [1.29, 1.82) is 0 Å². The van der Waals surface area contributed by atoms with Crippen LogP contribution < -0.4 is 0 Å². The Bertz CT molecular complexity index is 628. The van der Waals surface area contributed by atoms with Gasteiger partial charge in [-0.1, -0.05) is 6.07 Å². The number of aromatic hydroxyl groups is 1. The fourth-order valence-electron chi connectivity index (χ4n) is 1.64. The third-order valence-electron chi connectivity index (χ3n) is 2.50. The first-order valence-electron chi connectivity index (χ1n) is 5.38. The molecule has 1 N–H and O–H groups in total. The van der Waals surface area contributed by atoms with Crippen molar-refractivity contribution in [2.75, 3.05) is 0 Å². The van der Waals surface area contributed by atoms with Crippen molar-refractivity contribution < 1.29 is 9.63 Å². The van der Waals surface area contributed by atoms with Crippen molar-refractivity contribution in [1.82, 2.24) is 19.7 Å². The predicted octanol–water partition coefficient (Wildman–Crippen LogP) is 1.69. The van der Waals surface area contributed by atoms with E-state index in [1.165, 1.54) is 6.07 Å². The number of aromatic nitrogens is 4. The van der Waals surface area contributed by atoms with Crippen molar-refractivity contribution in [2.45, 2.75) is 6.54 Å². The highest BCUT2D eigenvalue weighted by molar-refractivity contribution is 5.52. The Kier molecular flexibility index (Phi) is 2.53. The Morgan fingerprint density at radius 2 is 2.28 bits per heavy atom. The first kappa shape index (κ1) is 10.5. The van der Waals surface area contributed by atoms with E-state index >= 15 is 0 Å². The molecule has 0 spiro atoms. The summed E-state index contributed by atoms with van der Waals surface area (Å²) < 4.78 is 6.87. The van der Waals surface area contributed by atoms with Gasteiger partial charge in [0.2, 0.25) is 0 Å². The Morgan fingerprint density at radius 1 is 1.33 bits per heavy atom. The van der Waals surface area contributed by atoms with Gasteiger partial charge in [-0.05, 0) is 16.8 Å². The van der Waals surface area contributed by atoms with E-state index in [1.807, 2.05) is 22.9 Å². The minimum absolute atomic E-state index is 0.144. The van der Waals surface area contributed by atoms with E-state index in [-0.39, 0.29) is 5.88 Å². The zero-order chi connectivity index (χ0) is 12.4. The molecule has 6 heteroatoms. The number of pyridine rings is 1. The fourth-order valence-corrected chi connectivity index (χ4v) is 1.64. The Hall–Kier alpha value is -2.63. The lowest BCUT2D eigenvalue weighted by Gasteiger charge is -2.02. The summed E-state index contributed by atoms with van der Waals surface area (Å²) in [6.45, 7) is 0.717. The lowest BCUT2D eigenvalue weighted by Crippen LogP contribution is -1.97. The molecular weight excluding hydrogens is 232 g/mol. The smallest absolute Gasteiger partial charge is 0.252 e. The van der Waals surface area contributed by atoms with E-state index in [9.17, 15) is 0 Å². The third kappa shape index (κ3) is 2.08. The second-order valence-electron chi connectivity index (χ2n) is 3.84. The normalized spacial score (nSPS) is 10.7. The molecule has 0 radical (unpaired) electrons.